The van der Waals surface area contributed by atoms with Gasteiger partial charge in [0.25, 0.3) is 5.88 Å². The van der Waals surface area contributed by atoms with E-state index in [1.807, 2.05) is 42.5 Å². The number of nitrogens with two attached hydrogens (primary N) is 1. The van der Waals surface area contributed by atoms with Crippen LogP contribution in [0.1, 0.15) is 6.42 Å². The summed E-state index contributed by atoms with van der Waals surface area (Å²) < 4.78 is 7.17. The van der Waals surface area contributed by atoms with Crippen molar-refractivity contribution >= 4 is 38.2 Å². The van der Waals surface area contributed by atoms with Crippen molar-refractivity contribution in [2.75, 3.05) is 23.3 Å². The van der Waals surface area contributed by atoms with Crippen molar-refractivity contribution in [2.45, 2.75) is 12.5 Å². The first kappa shape index (κ1) is 17.8. The highest BCUT2D eigenvalue weighted by atomic mass is 32.1. The van der Waals surface area contributed by atoms with Crippen molar-refractivity contribution in [1.29, 1.82) is 0 Å². The summed E-state index contributed by atoms with van der Waals surface area (Å²) in [6, 6.07) is 16.0. The normalized spacial score (nSPS) is 16.3. The molecular formula is C21H20N6OS. The lowest BCUT2D eigenvalue weighted by atomic mass is 10.3. The summed E-state index contributed by atoms with van der Waals surface area (Å²) >= 11 is 1.63. The van der Waals surface area contributed by atoms with Crippen molar-refractivity contribution in [2.24, 2.45) is 5.73 Å². The van der Waals surface area contributed by atoms with Gasteiger partial charge in [-0.3, -0.25) is 0 Å². The van der Waals surface area contributed by atoms with E-state index in [0.29, 0.717) is 11.6 Å². The van der Waals surface area contributed by atoms with Gasteiger partial charge in [-0.25, -0.2) is 15.0 Å². The SMILES string of the molecule is N[C@@H]1CCN(c2nccnc2Oc2ccc(Nc3nc4ccccc4s3)cc2)C1. The summed E-state index contributed by atoms with van der Waals surface area (Å²) in [6.45, 7) is 1.63. The molecule has 1 atom stereocenters. The molecule has 0 radical (unpaired) electrons. The summed E-state index contributed by atoms with van der Waals surface area (Å²) in [4.78, 5) is 15.5. The number of hydrogen-bond acceptors (Lipinski definition) is 8. The van der Waals surface area contributed by atoms with Crippen molar-refractivity contribution in [1.82, 2.24) is 15.0 Å². The minimum Gasteiger partial charge on any atom is -0.436 e. The summed E-state index contributed by atoms with van der Waals surface area (Å²) in [5.74, 6) is 1.93. The maximum Gasteiger partial charge on any atom is 0.263 e. The van der Waals surface area contributed by atoms with E-state index >= 15 is 0 Å². The first-order valence-corrected chi connectivity index (χ1v) is 10.3. The number of rotatable bonds is 5. The number of thiazole rings is 1. The zero-order chi connectivity index (χ0) is 19.6. The molecular weight excluding hydrogens is 384 g/mol. The minimum atomic E-state index is 0.165. The Balaban J connectivity index is 1.31. The lowest BCUT2D eigenvalue weighted by molar-refractivity contribution is 0.460. The largest absolute Gasteiger partial charge is 0.436 e. The molecule has 0 amide bonds. The number of para-hydroxylation sites is 1. The van der Waals surface area contributed by atoms with E-state index in [1.54, 1.807) is 23.7 Å². The fourth-order valence-corrected chi connectivity index (χ4v) is 4.24. The zero-order valence-electron chi connectivity index (χ0n) is 15.7. The molecule has 1 saturated heterocycles. The number of fused-ring (bicyclic) bond motifs is 1. The van der Waals surface area contributed by atoms with Gasteiger partial charge in [-0.1, -0.05) is 23.5 Å². The van der Waals surface area contributed by atoms with Crippen LogP contribution in [0.3, 0.4) is 0 Å². The molecule has 1 aliphatic heterocycles. The van der Waals surface area contributed by atoms with Crippen molar-refractivity contribution in [3.63, 3.8) is 0 Å². The Kier molecular flexibility index (Phi) is 4.71. The summed E-state index contributed by atoms with van der Waals surface area (Å²) in [5, 5.41) is 4.21. The molecule has 8 heteroatoms. The van der Waals surface area contributed by atoms with Gasteiger partial charge in [0, 0.05) is 37.2 Å². The third-order valence-corrected chi connectivity index (χ3v) is 5.74. The van der Waals surface area contributed by atoms with E-state index in [1.165, 1.54) is 0 Å². The van der Waals surface area contributed by atoms with Crippen LogP contribution in [-0.4, -0.2) is 34.1 Å². The van der Waals surface area contributed by atoms with E-state index < -0.39 is 0 Å². The highest BCUT2D eigenvalue weighted by Crippen LogP contribution is 2.32. The molecule has 3 heterocycles. The number of nitrogens with one attached hydrogen (secondary N) is 1. The number of benzene rings is 2. The van der Waals surface area contributed by atoms with E-state index in [4.69, 9.17) is 10.5 Å². The minimum absolute atomic E-state index is 0.165. The van der Waals surface area contributed by atoms with Gasteiger partial charge in [0.15, 0.2) is 10.9 Å². The van der Waals surface area contributed by atoms with Crippen molar-refractivity contribution in [3.05, 3.63) is 60.9 Å². The number of nitrogens with zero attached hydrogens (tertiary/aromatic N) is 4. The van der Waals surface area contributed by atoms with Gasteiger partial charge in [0.1, 0.15) is 5.75 Å². The third-order valence-electron chi connectivity index (χ3n) is 4.78. The van der Waals surface area contributed by atoms with Gasteiger partial charge in [0.05, 0.1) is 10.2 Å². The van der Waals surface area contributed by atoms with Gasteiger partial charge < -0.3 is 20.7 Å². The van der Waals surface area contributed by atoms with E-state index in [2.05, 4.69) is 31.2 Å². The second kappa shape index (κ2) is 7.65. The van der Waals surface area contributed by atoms with Crippen LogP contribution in [0.25, 0.3) is 10.2 Å². The Labute approximate surface area is 172 Å². The predicted molar refractivity (Wildman–Crippen MR) is 116 cm³/mol. The first-order valence-electron chi connectivity index (χ1n) is 9.47. The number of ether oxygens (including phenoxy) is 1. The Morgan fingerprint density at radius 2 is 1.90 bits per heavy atom. The van der Waals surface area contributed by atoms with Gasteiger partial charge in [-0.05, 0) is 42.8 Å². The molecule has 0 spiro atoms. The van der Waals surface area contributed by atoms with E-state index in [9.17, 15) is 0 Å². The van der Waals surface area contributed by atoms with Crippen LogP contribution < -0.4 is 20.7 Å². The molecule has 0 saturated carbocycles. The van der Waals surface area contributed by atoms with Gasteiger partial charge in [-0.2, -0.15) is 0 Å². The summed E-state index contributed by atoms with van der Waals surface area (Å²) in [7, 11) is 0. The number of hydrogen-bond donors (Lipinski definition) is 2. The Morgan fingerprint density at radius 1 is 1.07 bits per heavy atom. The average molecular weight is 404 g/mol. The Bertz CT molecular complexity index is 1100. The van der Waals surface area contributed by atoms with Gasteiger partial charge in [-0.15, -0.1) is 0 Å². The molecule has 2 aromatic heterocycles. The number of anilines is 3. The predicted octanol–water partition coefficient (Wildman–Crippen LogP) is 4.16. The summed E-state index contributed by atoms with van der Waals surface area (Å²) in [5.41, 5.74) is 7.97. The number of aromatic nitrogens is 3. The van der Waals surface area contributed by atoms with E-state index in [0.717, 1.165) is 46.4 Å². The van der Waals surface area contributed by atoms with E-state index in [-0.39, 0.29) is 6.04 Å². The molecule has 1 aliphatic rings. The monoisotopic (exact) mass is 404 g/mol. The van der Waals surface area contributed by atoms with Crippen molar-refractivity contribution < 1.29 is 4.74 Å². The molecule has 4 aromatic rings. The molecule has 7 nitrogen and oxygen atoms in total. The molecule has 5 rings (SSSR count). The maximum absolute atomic E-state index is 6.03. The standard InChI is InChI=1S/C21H20N6OS/c22-14-9-12-27(13-14)19-20(24-11-10-23-19)28-16-7-5-15(6-8-16)25-21-26-17-3-1-2-4-18(17)29-21/h1-8,10-11,14H,9,12-13,22H2,(H,25,26)/t14-/m1/s1. The zero-order valence-corrected chi connectivity index (χ0v) is 16.5. The van der Waals surface area contributed by atoms with Crippen LogP contribution in [0, 0.1) is 0 Å². The second-order valence-electron chi connectivity index (χ2n) is 6.92. The topological polar surface area (TPSA) is 89.2 Å². The fraction of sp³-hybridized carbons (Fsp3) is 0.190. The van der Waals surface area contributed by atoms with Crippen LogP contribution in [0.2, 0.25) is 0 Å². The Morgan fingerprint density at radius 3 is 2.69 bits per heavy atom. The van der Waals surface area contributed by atoms with Gasteiger partial charge >= 0.3 is 0 Å². The van der Waals surface area contributed by atoms with Crippen LogP contribution in [-0.2, 0) is 0 Å². The quantitative estimate of drug-likeness (QED) is 0.516. The molecule has 1 fully saturated rings. The fourth-order valence-electron chi connectivity index (χ4n) is 3.35. The van der Waals surface area contributed by atoms with Gasteiger partial charge in [0.2, 0.25) is 0 Å². The van der Waals surface area contributed by atoms with Crippen LogP contribution in [0.5, 0.6) is 11.6 Å². The molecule has 3 N–H and O–H groups in total. The third kappa shape index (κ3) is 3.85. The lowest BCUT2D eigenvalue weighted by Crippen LogP contribution is -2.27. The molecule has 146 valence electrons. The smallest absolute Gasteiger partial charge is 0.263 e. The van der Waals surface area contributed by atoms with Crippen LogP contribution >= 0.6 is 11.3 Å². The Hall–Kier alpha value is -3.23. The molecule has 2 aromatic carbocycles. The first-order chi connectivity index (χ1) is 14.2. The second-order valence-corrected chi connectivity index (χ2v) is 7.95. The lowest BCUT2D eigenvalue weighted by Gasteiger charge is -2.19. The molecule has 29 heavy (non-hydrogen) atoms. The van der Waals surface area contributed by atoms with Crippen LogP contribution in [0.4, 0.5) is 16.6 Å². The molecule has 0 unspecified atom stereocenters. The average Bonchev–Trinajstić information content (AvgIpc) is 3.35. The van der Waals surface area contributed by atoms with Crippen LogP contribution in [0.15, 0.2) is 60.9 Å². The molecule has 0 aliphatic carbocycles. The summed E-state index contributed by atoms with van der Waals surface area (Å²) in [6.07, 6.45) is 4.26. The highest BCUT2D eigenvalue weighted by Gasteiger charge is 2.24. The highest BCUT2D eigenvalue weighted by molar-refractivity contribution is 7.22. The maximum atomic E-state index is 6.03. The van der Waals surface area contributed by atoms with Crippen molar-refractivity contribution in [3.8, 4) is 11.6 Å². The molecule has 0 bridgehead atoms.